The Kier molecular flexibility index (Phi) is 5.68. The summed E-state index contributed by atoms with van der Waals surface area (Å²) in [5.74, 6) is 0.0861. The maximum atomic E-state index is 13.4. The summed E-state index contributed by atoms with van der Waals surface area (Å²) in [5.41, 5.74) is 3.86. The number of para-hydroxylation sites is 1. The first-order chi connectivity index (χ1) is 16.2. The third-order valence-corrected chi connectivity index (χ3v) is 6.59. The second-order valence-corrected chi connectivity index (χ2v) is 8.74. The predicted octanol–water partition coefficient (Wildman–Crippen LogP) is 4.20. The first kappa shape index (κ1) is 21.0. The lowest BCUT2D eigenvalue weighted by Crippen LogP contribution is -2.36. The Bertz CT molecular complexity index is 1460. The second-order valence-electron chi connectivity index (χ2n) is 7.79. The second kappa shape index (κ2) is 8.93. The number of nitrogens with zero attached hydrogens (tertiary/aromatic N) is 4. The van der Waals surface area contributed by atoms with Gasteiger partial charge in [0.25, 0.3) is 11.5 Å². The summed E-state index contributed by atoms with van der Waals surface area (Å²) >= 11 is 1.20. The molecule has 162 valence electrons. The van der Waals surface area contributed by atoms with Crippen LogP contribution in [0.2, 0.25) is 0 Å². The van der Waals surface area contributed by atoms with Crippen LogP contribution in [0.25, 0.3) is 16.6 Å². The van der Waals surface area contributed by atoms with Gasteiger partial charge in [0.15, 0.2) is 5.16 Å². The molecule has 0 radical (unpaired) electrons. The molecule has 1 aliphatic rings. The zero-order chi connectivity index (χ0) is 22.8. The Balaban J connectivity index is 1.55. The summed E-state index contributed by atoms with van der Waals surface area (Å²) < 4.78 is 1.52. The number of thioether (sulfide) groups is 1. The highest BCUT2D eigenvalue weighted by Crippen LogP contribution is 2.24. The minimum atomic E-state index is -0.225. The number of rotatable bonds is 4. The van der Waals surface area contributed by atoms with Crippen LogP contribution in [0.5, 0.6) is 0 Å². The molecule has 0 aliphatic carbocycles. The van der Waals surface area contributed by atoms with Crippen molar-refractivity contribution >= 4 is 28.6 Å². The maximum absolute atomic E-state index is 13.4. The van der Waals surface area contributed by atoms with E-state index in [2.05, 4.69) is 23.2 Å². The molecule has 5 rings (SSSR count). The van der Waals surface area contributed by atoms with Crippen molar-refractivity contribution in [1.29, 1.82) is 5.26 Å². The molecule has 2 heterocycles. The molecule has 1 aromatic heterocycles. The van der Waals surface area contributed by atoms with Gasteiger partial charge in [-0.25, -0.2) is 4.98 Å². The largest absolute Gasteiger partial charge is 0.334 e. The quantitative estimate of drug-likeness (QED) is 0.343. The summed E-state index contributed by atoms with van der Waals surface area (Å²) in [6, 6.07) is 24.6. The average Bonchev–Trinajstić information content (AvgIpc) is 2.87. The standard InChI is InChI=1S/C26H20N4O2S/c27-13-15-33-26-28-23-16-19(24(31)29-14-12-18-6-4-5-7-20(18)17-29)10-11-22(23)25(32)30(26)21-8-2-1-3-9-21/h1-11,16H,12,14-15,17H2. The van der Waals surface area contributed by atoms with E-state index in [-0.39, 0.29) is 17.2 Å². The third kappa shape index (κ3) is 4.01. The zero-order valence-electron chi connectivity index (χ0n) is 17.8. The lowest BCUT2D eigenvalue weighted by atomic mass is 9.99. The van der Waals surface area contributed by atoms with E-state index in [1.165, 1.54) is 21.9 Å². The third-order valence-electron chi connectivity index (χ3n) is 5.78. The molecular formula is C26H20N4O2S. The maximum Gasteiger partial charge on any atom is 0.266 e. The highest BCUT2D eigenvalue weighted by atomic mass is 32.2. The Morgan fingerprint density at radius 2 is 1.79 bits per heavy atom. The Morgan fingerprint density at radius 3 is 2.58 bits per heavy atom. The molecule has 33 heavy (non-hydrogen) atoms. The summed E-state index contributed by atoms with van der Waals surface area (Å²) in [4.78, 5) is 33.1. The number of amides is 1. The van der Waals surface area contributed by atoms with Crippen molar-refractivity contribution in [2.45, 2.75) is 18.1 Å². The summed E-state index contributed by atoms with van der Waals surface area (Å²) in [6.07, 6.45) is 0.824. The summed E-state index contributed by atoms with van der Waals surface area (Å²) in [7, 11) is 0. The monoisotopic (exact) mass is 452 g/mol. The Labute approximate surface area is 195 Å². The number of hydrogen-bond donors (Lipinski definition) is 0. The van der Waals surface area contributed by atoms with Crippen LogP contribution >= 0.6 is 11.8 Å². The van der Waals surface area contributed by atoms with Gasteiger partial charge >= 0.3 is 0 Å². The molecular weight excluding hydrogens is 432 g/mol. The average molecular weight is 453 g/mol. The van der Waals surface area contributed by atoms with Crippen molar-refractivity contribution in [1.82, 2.24) is 14.5 Å². The molecule has 0 saturated carbocycles. The molecule has 7 heteroatoms. The van der Waals surface area contributed by atoms with E-state index in [9.17, 15) is 9.59 Å². The fourth-order valence-electron chi connectivity index (χ4n) is 4.15. The van der Waals surface area contributed by atoms with Crippen molar-refractivity contribution in [3.63, 3.8) is 0 Å². The van der Waals surface area contributed by atoms with Crippen molar-refractivity contribution in [3.8, 4) is 11.8 Å². The van der Waals surface area contributed by atoms with Gasteiger partial charge in [-0.15, -0.1) is 0 Å². The molecule has 0 N–H and O–H groups in total. The van der Waals surface area contributed by atoms with Gasteiger partial charge < -0.3 is 4.90 Å². The first-order valence-corrected chi connectivity index (χ1v) is 11.6. The van der Waals surface area contributed by atoms with Gasteiger partial charge in [-0.2, -0.15) is 5.26 Å². The van der Waals surface area contributed by atoms with Crippen LogP contribution in [-0.2, 0) is 13.0 Å². The van der Waals surface area contributed by atoms with E-state index in [0.29, 0.717) is 40.4 Å². The van der Waals surface area contributed by atoms with E-state index < -0.39 is 0 Å². The molecule has 6 nitrogen and oxygen atoms in total. The van der Waals surface area contributed by atoms with Crippen LogP contribution in [0, 0.1) is 11.3 Å². The topological polar surface area (TPSA) is 79.0 Å². The number of carbonyl (C=O) groups excluding carboxylic acids is 1. The number of carbonyl (C=O) groups is 1. The smallest absolute Gasteiger partial charge is 0.266 e. The molecule has 0 bridgehead atoms. The van der Waals surface area contributed by atoms with E-state index in [4.69, 9.17) is 5.26 Å². The number of fused-ring (bicyclic) bond motifs is 2. The van der Waals surface area contributed by atoms with Crippen LogP contribution in [-0.4, -0.2) is 32.7 Å². The van der Waals surface area contributed by atoms with Crippen molar-refractivity contribution in [2.24, 2.45) is 0 Å². The molecule has 4 aromatic rings. The van der Waals surface area contributed by atoms with Gasteiger partial charge in [0.05, 0.1) is 28.4 Å². The number of nitriles is 1. The van der Waals surface area contributed by atoms with Gasteiger partial charge in [0, 0.05) is 18.7 Å². The minimum Gasteiger partial charge on any atom is -0.334 e. The van der Waals surface area contributed by atoms with Crippen LogP contribution < -0.4 is 5.56 Å². The van der Waals surface area contributed by atoms with Gasteiger partial charge in [-0.05, 0) is 47.9 Å². The van der Waals surface area contributed by atoms with E-state index in [1.54, 1.807) is 18.2 Å². The van der Waals surface area contributed by atoms with E-state index >= 15 is 0 Å². The summed E-state index contributed by atoms with van der Waals surface area (Å²) in [6.45, 7) is 1.22. The Morgan fingerprint density at radius 1 is 1.03 bits per heavy atom. The van der Waals surface area contributed by atoms with Crippen molar-refractivity contribution in [2.75, 3.05) is 12.3 Å². The van der Waals surface area contributed by atoms with Crippen LogP contribution in [0.4, 0.5) is 0 Å². The molecule has 0 unspecified atom stereocenters. The lowest BCUT2D eigenvalue weighted by Gasteiger charge is -2.29. The zero-order valence-corrected chi connectivity index (χ0v) is 18.6. The van der Waals surface area contributed by atoms with Crippen molar-refractivity contribution < 1.29 is 4.79 Å². The number of hydrogen-bond acceptors (Lipinski definition) is 5. The normalized spacial score (nSPS) is 12.9. The van der Waals surface area contributed by atoms with Gasteiger partial charge in [-0.1, -0.05) is 54.2 Å². The van der Waals surface area contributed by atoms with Crippen LogP contribution in [0.3, 0.4) is 0 Å². The molecule has 0 spiro atoms. The molecule has 1 aliphatic heterocycles. The fourth-order valence-corrected chi connectivity index (χ4v) is 4.82. The predicted molar refractivity (Wildman–Crippen MR) is 129 cm³/mol. The molecule has 0 fully saturated rings. The molecule has 1 amide bonds. The Hall–Kier alpha value is -3.89. The summed E-state index contributed by atoms with van der Waals surface area (Å²) in [5, 5.41) is 9.93. The molecule has 0 saturated heterocycles. The molecule has 0 atom stereocenters. The van der Waals surface area contributed by atoms with Crippen molar-refractivity contribution in [3.05, 3.63) is 99.8 Å². The van der Waals surface area contributed by atoms with E-state index in [0.717, 1.165) is 12.0 Å². The highest BCUT2D eigenvalue weighted by molar-refractivity contribution is 7.99. The van der Waals surface area contributed by atoms with Gasteiger partial charge in [0.1, 0.15) is 0 Å². The first-order valence-electron chi connectivity index (χ1n) is 10.6. The molecule has 3 aromatic carbocycles. The SMILES string of the molecule is N#CCSc1nc2cc(C(=O)N3CCc4ccccc4C3)ccc2c(=O)n1-c1ccccc1. The van der Waals surface area contributed by atoms with Crippen LogP contribution in [0.15, 0.2) is 82.7 Å². The van der Waals surface area contributed by atoms with Crippen LogP contribution in [0.1, 0.15) is 21.5 Å². The highest BCUT2D eigenvalue weighted by Gasteiger charge is 2.22. The van der Waals surface area contributed by atoms with Gasteiger partial charge in [0.2, 0.25) is 0 Å². The number of aromatic nitrogens is 2. The lowest BCUT2D eigenvalue weighted by molar-refractivity contribution is 0.0735. The fraction of sp³-hybridized carbons (Fsp3) is 0.154. The minimum absolute atomic E-state index is 0.0772. The van der Waals surface area contributed by atoms with E-state index in [1.807, 2.05) is 47.4 Å². The van der Waals surface area contributed by atoms with Gasteiger partial charge in [-0.3, -0.25) is 14.2 Å². The number of benzene rings is 3.